The predicted octanol–water partition coefficient (Wildman–Crippen LogP) is 2.24. The lowest BCUT2D eigenvalue weighted by Crippen LogP contribution is -2.48. The van der Waals surface area contributed by atoms with Gasteiger partial charge in [-0.15, -0.1) is 0 Å². The molecule has 7 nitrogen and oxygen atoms in total. The minimum Gasteiger partial charge on any atom is -0.436 e. The Kier molecular flexibility index (Phi) is 3.17. The number of carbonyl (C=O) groups is 3. The van der Waals surface area contributed by atoms with E-state index in [2.05, 4.69) is 5.32 Å². The second-order valence-electron chi connectivity index (χ2n) is 7.11. The van der Waals surface area contributed by atoms with Gasteiger partial charge in [-0.1, -0.05) is 42.0 Å². The molecule has 140 valence electrons. The number of benzene rings is 2. The number of nitrogens with two attached hydrogens (primary N) is 1. The summed E-state index contributed by atoms with van der Waals surface area (Å²) in [4.78, 5) is 40.0. The number of allylic oxidation sites excluding steroid dienone is 1. The molecule has 0 unspecified atom stereocenters. The molecule has 1 atom stereocenters. The Morgan fingerprint density at radius 1 is 1.07 bits per heavy atom. The van der Waals surface area contributed by atoms with Crippen LogP contribution < -0.4 is 11.1 Å². The summed E-state index contributed by atoms with van der Waals surface area (Å²) in [5.74, 6) is -2.39. The molecule has 5 rings (SSSR count). The zero-order valence-corrected chi connectivity index (χ0v) is 15.2. The van der Waals surface area contributed by atoms with Gasteiger partial charge in [0.2, 0.25) is 17.6 Å². The number of nitriles is 1. The SMILES string of the molecule is Cc1ccc2c(c1)[C@@]1(C(=O)N2)C(C#N)=C(N)OC2=C1C(=O)c1ccccc1C2=O. The highest BCUT2D eigenvalue weighted by atomic mass is 16.5. The molecule has 0 bridgehead atoms. The van der Waals surface area contributed by atoms with E-state index < -0.39 is 22.9 Å². The number of hydrogen-bond acceptors (Lipinski definition) is 6. The van der Waals surface area contributed by atoms with E-state index >= 15 is 0 Å². The Balaban J connectivity index is 1.93. The molecule has 2 aromatic rings. The molecule has 0 saturated heterocycles. The number of ether oxygens (including phenoxy) is 1. The van der Waals surface area contributed by atoms with Crippen molar-refractivity contribution in [2.45, 2.75) is 12.3 Å². The van der Waals surface area contributed by atoms with Gasteiger partial charge in [0.15, 0.2) is 11.5 Å². The Labute approximate surface area is 165 Å². The van der Waals surface area contributed by atoms with Crippen LogP contribution in [-0.4, -0.2) is 17.5 Å². The van der Waals surface area contributed by atoms with E-state index in [9.17, 15) is 19.6 Å². The van der Waals surface area contributed by atoms with Gasteiger partial charge in [-0.2, -0.15) is 5.26 Å². The van der Waals surface area contributed by atoms with Crippen LogP contribution in [0.1, 0.15) is 31.8 Å². The quantitative estimate of drug-likeness (QED) is 0.719. The van der Waals surface area contributed by atoms with Crippen LogP contribution in [0.2, 0.25) is 0 Å². The summed E-state index contributed by atoms with van der Waals surface area (Å²) in [6.07, 6.45) is 0. The van der Waals surface area contributed by atoms with Crippen LogP contribution in [0.4, 0.5) is 5.69 Å². The molecule has 2 aliphatic heterocycles. The number of fused-ring (bicyclic) bond motifs is 4. The van der Waals surface area contributed by atoms with Crippen molar-refractivity contribution in [2.75, 3.05) is 5.32 Å². The summed E-state index contributed by atoms with van der Waals surface area (Å²) in [5, 5.41) is 12.6. The molecule has 1 amide bonds. The molecule has 1 spiro atoms. The van der Waals surface area contributed by atoms with Crippen molar-refractivity contribution < 1.29 is 19.1 Å². The number of hydrogen-bond donors (Lipinski definition) is 2. The van der Waals surface area contributed by atoms with E-state index in [1.165, 1.54) is 12.1 Å². The van der Waals surface area contributed by atoms with Crippen LogP contribution >= 0.6 is 0 Å². The van der Waals surface area contributed by atoms with E-state index in [0.717, 1.165) is 5.56 Å². The molecule has 0 aromatic heterocycles. The molecule has 0 saturated carbocycles. The molecule has 29 heavy (non-hydrogen) atoms. The molecule has 7 heteroatoms. The first kappa shape index (κ1) is 17.0. The fourth-order valence-corrected chi connectivity index (χ4v) is 4.31. The standard InChI is InChI=1S/C22H13N3O4/c1-10-6-7-15-13(8-10)22(21(28)25-15)14(9-23)20(24)29-19-16(22)17(26)11-4-2-3-5-12(11)18(19)27/h2-8H,24H2,1H3,(H,25,28)/t22-/m1/s1. The average molecular weight is 383 g/mol. The number of aryl methyl sites for hydroxylation is 1. The monoisotopic (exact) mass is 383 g/mol. The van der Waals surface area contributed by atoms with Crippen molar-refractivity contribution in [3.63, 3.8) is 0 Å². The first-order valence-electron chi connectivity index (χ1n) is 8.85. The van der Waals surface area contributed by atoms with Gasteiger partial charge >= 0.3 is 0 Å². The Bertz CT molecular complexity index is 1300. The second-order valence-corrected chi connectivity index (χ2v) is 7.11. The highest BCUT2D eigenvalue weighted by Crippen LogP contribution is 2.54. The summed E-state index contributed by atoms with van der Waals surface area (Å²) in [6, 6.07) is 13.5. The Hall–Kier alpha value is -4.18. The molecule has 2 heterocycles. The second kappa shape index (κ2) is 5.42. The van der Waals surface area contributed by atoms with Crippen molar-refractivity contribution in [3.05, 3.63) is 87.5 Å². The molecular weight excluding hydrogens is 370 g/mol. The zero-order chi connectivity index (χ0) is 20.5. The largest absolute Gasteiger partial charge is 0.436 e. The van der Waals surface area contributed by atoms with Crippen LogP contribution in [0.15, 0.2) is 65.3 Å². The molecule has 2 aromatic carbocycles. The normalized spacial score (nSPS) is 22.0. The highest BCUT2D eigenvalue weighted by molar-refractivity contribution is 6.31. The number of nitrogens with zero attached hydrogens (tertiary/aromatic N) is 1. The van der Waals surface area contributed by atoms with E-state index in [1.54, 1.807) is 30.3 Å². The van der Waals surface area contributed by atoms with Crippen molar-refractivity contribution in [3.8, 4) is 6.07 Å². The van der Waals surface area contributed by atoms with Crippen molar-refractivity contribution >= 4 is 23.2 Å². The average Bonchev–Trinajstić information content (AvgIpc) is 2.98. The molecule has 0 fully saturated rings. The lowest BCUT2D eigenvalue weighted by Gasteiger charge is -2.36. The third-order valence-electron chi connectivity index (χ3n) is 5.56. The van der Waals surface area contributed by atoms with Crippen LogP contribution in [0, 0.1) is 18.3 Å². The number of amides is 1. The van der Waals surface area contributed by atoms with Crippen molar-refractivity contribution in [1.29, 1.82) is 5.26 Å². The molecular formula is C22H13N3O4. The lowest BCUT2D eigenvalue weighted by atomic mass is 9.64. The smallest absolute Gasteiger partial charge is 0.245 e. The highest BCUT2D eigenvalue weighted by Gasteiger charge is 2.61. The molecule has 3 aliphatic rings. The summed E-state index contributed by atoms with van der Waals surface area (Å²) in [5.41, 5.74) is 5.77. The van der Waals surface area contributed by atoms with E-state index in [1.807, 2.05) is 13.0 Å². The van der Waals surface area contributed by atoms with E-state index in [4.69, 9.17) is 10.5 Å². The van der Waals surface area contributed by atoms with Gasteiger partial charge in [-0.3, -0.25) is 14.4 Å². The van der Waals surface area contributed by atoms with Crippen LogP contribution in [0.3, 0.4) is 0 Å². The van der Waals surface area contributed by atoms with Crippen LogP contribution in [0.25, 0.3) is 0 Å². The lowest BCUT2D eigenvalue weighted by molar-refractivity contribution is -0.118. The summed E-state index contributed by atoms with van der Waals surface area (Å²) in [7, 11) is 0. The fraction of sp³-hybridized carbons (Fsp3) is 0.0909. The van der Waals surface area contributed by atoms with Crippen LogP contribution in [-0.2, 0) is 14.9 Å². The number of ketones is 2. The summed E-state index contributed by atoms with van der Waals surface area (Å²) in [6.45, 7) is 1.83. The zero-order valence-electron chi connectivity index (χ0n) is 15.2. The molecule has 0 radical (unpaired) electrons. The van der Waals surface area contributed by atoms with Crippen molar-refractivity contribution in [2.24, 2.45) is 5.73 Å². The van der Waals surface area contributed by atoms with Gasteiger partial charge in [-0.25, -0.2) is 0 Å². The fourth-order valence-electron chi connectivity index (χ4n) is 4.31. The topological polar surface area (TPSA) is 122 Å². The number of carbonyl (C=O) groups excluding carboxylic acids is 3. The third-order valence-corrected chi connectivity index (χ3v) is 5.56. The van der Waals surface area contributed by atoms with E-state index in [-0.39, 0.29) is 33.9 Å². The molecule has 1 aliphatic carbocycles. The summed E-state index contributed by atoms with van der Waals surface area (Å²) < 4.78 is 5.48. The minimum atomic E-state index is -1.84. The van der Waals surface area contributed by atoms with Crippen molar-refractivity contribution in [1.82, 2.24) is 0 Å². The van der Waals surface area contributed by atoms with Gasteiger partial charge in [0.05, 0.1) is 5.57 Å². The molecule has 3 N–H and O–H groups in total. The van der Waals surface area contributed by atoms with Gasteiger partial charge in [-0.05, 0) is 13.0 Å². The van der Waals surface area contributed by atoms with Gasteiger partial charge in [0, 0.05) is 22.4 Å². The number of nitrogens with one attached hydrogen (secondary N) is 1. The van der Waals surface area contributed by atoms with Crippen LogP contribution in [0.5, 0.6) is 0 Å². The van der Waals surface area contributed by atoms with Gasteiger partial charge < -0.3 is 15.8 Å². The third kappa shape index (κ3) is 1.87. The van der Waals surface area contributed by atoms with Gasteiger partial charge in [0.1, 0.15) is 17.1 Å². The maximum Gasteiger partial charge on any atom is 0.245 e. The number of anilines is 1. The summed E-state index contributed by atoms with van der Waals surface area (Å²) >= 11 is 0. The Morgan fingerprint density at radius 3 is 2.45 bits per heavy atom. The van der Waals surface area contributed by atoms with Gasteiger partial charge in [0.25, 0.3) is 0 Å². The maximum absolute atomic E-state index is 13.5. The first-order valence-corrected chi connectivity index (χ1v) is 8.85. The maximum atomic E-state index is 13.5. The number of rotatable bonds is 0. The first-order chi connectivity index (χ1) is 13.9. The Morgan fingerprint density at radius 2 is 1.76 bits per heavy atom. The minimum absolute atomic E-state index is 0.158. The predicted molar refractivity (Wildman–Crippen MR) is 102 cm³/mol. The number of Topliss-reactive ketones (excluding diaryl/α,β-unsaturated/α-hetero) is 2. The van der Waals surface area contributed by atoms with E-state index in [0.29, 0.717) is 11.3 Å².